The molecule has 16 heavy (non-hydrogen) atoms. The van der Waals surface area contributed by atoms with Crippen molar-refractivity contribution in [3.05, 3.63) is 29.6 Å². The molecule has 0 spiro atoms. The topological polar surface area (TPSA) is 71.4 Å². The molecule has 0 atom stereocenters. The molecular weight excluding hydrogens is 248 g/mol. The summed E-state index contributed by atoms with van der Waals surface area (Å²) >= 11 is 1.30. The van der Waals surface area contributed by atoms with Crippen LogP contribution in [0.4, 0.5) is 0 Å². The lowest BCUT2D eigenvalue weighted by molar-refractivity contribution is -0.134. The molecule has 0 aliphatic rings. The molecule has 1 N–H and O–H groups in total. The van der Waals surface area contributed by atoms with E-state index in [0.29, 0.717) is 5.39 Å². The third kappa shape index (κ3) is 1.94. The zero-order chi connectivity index (χ0) is 11.8. The van der Waals surface area contributed by atoms with Crippen molar-refractivity contribution in [3.63, 3.8) is 0 Å². The van der Waals surface area contributed by atoms with Crippen molar-refractivity contribution in [2.45, 2.75) is 4.90 Å². The first-order valence-corrected chi connectivity index (χ1v) is 6.95. The van der Waals surface area contributed by atoms with Gasteiger partial charge in [-0.2, -0.15) is 0 Å². The second-order valence-corrected chi connectivity index (χ2v) is 6.12. The van der Waals surface area contributed by atoms with Crippen molar-refractivity contribution in [1.82, 2.24) is 0 Å². The van der Waals surface area contributed by atoms with Crippen molar-refractivity contribution in [3.8, 4) is 0 Å². The van der Waals surface area contributed by atoms with Crippen LogP contribution in [0.15, 0.2) is 34.5 Å². The lowest BCUT2D eigenvalue weighted by Crippen LogP contribution is -2.14. The molecule has 0 aliphatic carbocycles. The Bertz CT molecular complexity index is 640. The number of rotatable bonds is 3. The van der Waals surface area contributed by atoms with Gasteiger partial charge in [0.1, 0.15) is 0 Å². The molecule has 0 radical (unpaired) electrons. The summed E-state index contributed by atoms with van der Waals surface area (Å²) in [7, 11) is -3.73. The van der Waals surface area contributed by atoms with Crippen molar-refractivity contribution in [1.29, 1.82) is 0 Å². The number of fused-ring (bicyclic) bond motifs is 1. The van der Waals surface area contributed by atoms with Gasteiger partial charge in [0.15, 0.2) is 15.6 Å². The minimum Gasteiger partial charge on any atom is -0.480 e. The molecule has 0 bridgehead atoms. The molecule has 1 aromatic carbocycles. The molecule has 2 rings (SSSR count). The molecule has 0 saturated heterocycles. The highest BCUT2D eigenvalue weighted by Gasteiger charge is 2.22. The molecule has 0 amide bonds. The van der Waals surface area contributed by atoms with Gasteiger partial charge in [-0.25, -0.2) is 8.42 Å². The quantitative estimate of drug-likeness (QED) is 0.908. The zero-order valence-electron chi connectivity index (χ0n) is 8.08. The maximum atomic E-state index is 11.7. The summed E-state index contributed by atoms with van der Waals surface area (Å²) in [6, 6.07) is 7.03. The van der Waals surface area contributed by atoms with Gasteiger partial charge in [0.05, 0.1) is 4.90 Å². The summed E-state index contributed by atoms with van der Waals surface area (Å²) in [5.41, 5.74) is 0. The van der Waals surface area contributed by atoms with E-state index in [-0.39, 0.29) is 4.90 Å². The lowest BCUT2D eigenvalue weighted by atomic mass is 10.3. The maximum absolute atomic E-state index is 11.7. The van der Waals surface area contributed by atoms with Crippen LogP contribution in [0.25, 0.3) is 10.1 Å². The molecule has 0 saturated carbocycles. The Balaban J connectivity index is 2.60. The van der Waals surface area contributed by atoms with Crippen LogP contribution in [0, 0.1) is 0 Å². The summed E-state index contributed by atoms with van der Waals surface area (Å²) in [4.78, 5) is 10.6. The van der Waals surface area contributed by atoms with Gasteiger partial charge in [-0.3, -0.25) is 4.79 Å². The molecule has 0 fully saturated rings. The van der Waals surface area contributed by atoms with E-state index in [2.05, 4.69) is 0 Å². The molecule has 1 aromatic heterocycles. The van der Waals surface area contributed by atoms with Gasteiger partial charge < -0.3 is 5.11 Å². The largest absolute Gasteiger partial charge is 0.480 e. The van der Waals surface area contributed by atoms with Crippen molar-refractivity contribution in [2.75, 3.05) is 5.75 Å². The summed E-state index contributed by atoms with van der Waals surface area (Å²) < 4.78 is 24.3. The van der Waals surface area contributed by atoms with E-state index < -0.39 is 21.6 Å². The summed E-state index contributed by atoms with van der Waals surface area (Å²) in [5, 5.41) is 10.6. The fourth-order valence-electron chi connectivity index (χ4n) is 1.43. The number of carboxylic acid groups (broad SMARTS) is 1. The van der Waals surface area contributed by atoms with Crippen molar-refractivity contribution in [2.24, 2.45) is 0 Å². The van der Waals surface area contributed by atoms with Crippen molar-refractivity contribution >= 4 is 37.2 Å². The SMILES string of the molecule is O=C(O)CS(=O)(=O)c1csc2ccccc12. The van der Waals surface area contributed by atoms with Gasteiger partial charge in [0, 0.05) is 15.5 Å². The number of thiophene rings is 1. The highest BCUT2D eigenvalue weighted by atomic mass is 32.2. The molecule has 6 heteroatoms. The normalized spacial score (nSPS) is 11.8. The molecule has 0 unspecified atom stereocenters. The number of carbonyl (C=O) groups is 1. The lowest BCUT2D eigenvalue weighted by Gasteiger charge is -1.99. The number of carboxylic acids is 1. The van der Waals surface area contributed by atoms with Gasteiger partial charge >= 0.3 is 5.97 Å². The van der Waals surface area contributed by atoms with Gasteiger partial charge in [-0.15, -0.1) is 11.3 Å². The Morgan fingerprint density at radius 3 is 2.69 bits per heavy atom. The Hall–Kier alpha value is -1.40. The van der Waals surface area contributed by atoms with Gasteiger partial charge in [-0.1, -0.05) is 18.2 Å². The number of hydrogen-bond acceptors (Lipinski definition) is 4. The van der Waals surface area contributed by atoms with Crippen LogP contribution in [0.2, 0.25) is 0 Å². The number of sulfone groups is 1. The molecule has 2 aromatic rings. The van der Waals surface area contributed by atoms with E-state index >= 15 is 0 Å². The zero-order valence-corrected chi connectivity index (χ0v) is 9.72. The van der Waals surface area contributed by atoms with Crippen LogP contribution in [0.1, 0.15) is 0 Å². The first-order valence-electron chi connectivity index (χ1n) is 4.41. The molecule has 4 nitrogen and oxygen atoms in total. The van der Waals surface area contributed by atoms with Crippen LogP contribution >= 0.6 is 11.3 Å². The van der Waals surface area contributed by atoms with Gasteiger partial charge in [-0.05, 0) is 6.07 Å². The summed E-state index contributed by atoms with van der Waals surface area (Å²) in [6.07, 6.45) is 0. The Morgan fingerprint density at radius 1 is 1.31 bits per heavy atom. The smallest absolute Gasteiger partial charge is 0.319 e. The number of aliphatic carboxylic acids is 1. The third-order valence-corrected chi connectivity index (χ3v) is 4.84. The fraction of sp³-hybridized carbons (Fsp3) is 0.100. The molecule has 0 aliphatic heterocycles. The average molecular weight is 256 g/mol. The van der Waals surface area contributed by atoms with E-state index in [0.717, 1.165) is 4.70 Å². The van der Waals surface area contributed by atoms with Gasteiger partial charge in [0.25, 0.3) is 0 Å². The summed E-state index contributed by atoms with van der Waals surface area (Å²) in [6.45, 7) is 0. The highest BCUT2D eigenvalue weighted by Crippen LogP contribution is 2.29. The van der Waals surface area contributed by atoms with Crippen LogP contribution in [-0.2, 0) is 14.6 Å². The Labute approximate surface area is 96.1 Å². The molecule has 84 valence electrons. The monoisotopic (exact) mass is 256 g/mol. The Kier molecular flexibility index (Phi) is 2.69. The fourth-order valence-corrected chi connectivity index (χ4v) is 4.05. The molecular formula is C10H8O4S2. The van der Waals surface area contributed by atoms with E-state index in [1.54, 1.807) is 18.2 Å². The van der Waals surface area contributed by atoms with E-state index in [1.165, 1.54) is 16.7 Å². The standard InChI is InChI=1S/C10H8O4S2/c11-10(12)6-16(13,14)9-5-15-8-4-2-1-3-7(8)9/h1-5H,6H2,(H,11,12). The highest BCUT2D eigenvalue weighted by molar-refractivity contribution is 7.92. The van der Waals surface area contributed by atoms with Crippen LogP contribution < -0.4 is 0 Å². The van der Waals surface area contributed by atoms with Crippen LogP contribution in [-0.4, -0.2) is 25.2 Å². The predicted octanol–water partition coefficient (Wildman–Crippen LogP) is 1.76. The summed E-state index contributed by atoms with van der Waals surface area (Å²) in [5.74, 6) is -2.21. The number of benzene rings is 1. The second-order valence-electron chi connectivity index (χ2n) is 3.25. The molecule has 1 heterocycles. The van der Waals surface area contributed by atoms with E-state index in [1.807, 2.05) is 6.07 Å². The predicted molar refractivity (Wildman–Crippen MR) is 61.5 cm³/mol. The number of hydrogen-bond donors (Lipinski definition) is 1. The van der Waals surface area contributed by atoms with Gasteiger partial charge in [0.2, 0.25) is 0 Å². The maximum Gasteiger partial charge on any atom is 0.319 e. The van der Waals surface area contributed by atoms with Crippen molar-refractivity contribution < 1.29 is 18.3 Å². The first-order chi connectivity index (χ1) is 7.50. The van der Waals surface area contributed by atoms with Crippen LogP contribution in [0.3, 0.4) is 0 Å². The minimum atomic E-state index is -3.73. The van der Waals surface area contributed by atoms with Crippen LogP contribution in [0.5, 0.6) is 0 Å². The Morgan fingerprint density at radius 2 is 2.00 bits per heavy atom. The average Bonchev–Trinajstić information content (AvgIpc) is 2.59. The third-order valence-electron chi connectivity index (χ3n) is 2.09. The van der Waals surface area contributed by atoms with E-state index in [9.17, 15) is 13.2 Å². The van der Waals surface area contributed by atoms with E-state index in [4.69, 9.17) is 5.11 Å². The minimum absolute atomic E-state index is 0.107. The second kappa shape index (κ2) is 3.88. The first kappa shape index (κ1) is 11.1.